The van der Waals surface area contributed by atoms with Crippen LogP contribution in [0.2, 0.25) is 0 Å². The Labute approximate surface area is 206 Å². The minimum atomic E-state index is -1.14. The first-order chi connectivity index (χ1) is 17.4. The van der Waals surface area contributed by atoms with Crippen molar-refractivity contribution >= 4 is 17.5 Å². The average molecular weight is 488 g/mol. The summed E-state index contributed by atoms with van der Waals surface area (Å²) >= 11 is 0. The van der Waals surface area contributed by atoms with Gasteiger partial charge < -0.3 is 24.1 Å². The normalized spacial score (nSPS) is 25.4. The largest absolute Gasteiger partial charge is 0.493 e. The van der Waals surface area contributed by atoms with E-state index in [0.717, 1.165) is 0 Å². The first kappa shape index (κ1) is 23.2. The molecule has 5 rings (SSSR count). The van der Waals surface area contributed by atoms with Gasteiger partial charge in [-0.05, 0) is 24.3 Å². The van der Waals surface area contributed by atoms with Crippen LogP contribution in [0.4, 0.5) is 16.2 Å². The van der Waals surface area contributed by atoms with Gasteiger partial charge in [0.1, 0.15) is 18.8 Å². The fraction of sp³-hybridized carbons (Fsp3) is 0.269. The Balaban J connectivity index is 1.50. The molecule has 2 aliphatic heterocycles. The zero-order chi connectivity index (χ0) is 25.4. The lowest BCUT2D eigenvalue weighted by atomic mass is 9.82. The van der Waals surface area contributed by atoms with Gasteiger partial charge in [-0.1, -0.05) is 41.9 Å². The van der Waals surface area contributed by atoms with Gasteiger partial charge in [-0.25, -0.2) is 4.79 Å². The van der Waals surface area contributed by atoms with E-state index in [4.69, 9.17) is 18.9 Å². The number of methoxy groups -OCH3 is 2. The van der Waals surface area contributed by atoms with E-state index in [1.807, 2.05) is 0 Å². The highest BCUT2D eigenvalue weighted by Gasteiger charge is 2.70. The lowest BCUT2D eigenvalue weighted by molar-refractivity contribution is -0.385. The number of carbonyl (C=O) groups excluding carboxylic acids is 1. The van der Waals surface area contributed by atoms with Crippen LogP contribution >= 0.6 is 0 Å². The van der Waals surface area contributed by atoms with Gasteiger partial charge >= 0.3 is 6.09 Å². The third kappa shape index (κ3) is 3.60. The molecule has 0 spiro atoms. The molecule has 2 heterocycles. The van der Waals surface area contributed by atoms with Crippen molar-refractivity contribution in [1.29, 1.82) is 0 Å². The predicted molar refractivity (Wildman–Crippen MR) is 126 cm³/mol. The zero-order valence-electron chi connectivity index (χ0n) is 19.3. The topological polar surface area (TPSA) is 124 Å². The van der Waals surface area contributed by atoms with Crippen molar-refractivity contribution in [1.82, 2.24) is 0 Å². The summed E-state index contributed by atoms with van der Waals surface area (Å²) in [5.74, 6) is 11.8. The summed E-state index contributed by atoms with van der Waals surface area (Å²) < 4.78 is 21.9. The number of benzene rings is 2. The van der Waals surface area contributed by atoms with Crippen LogP contribution in [0.1, 0.15) is 11.1 Å². The minimum absolute atomic E-state index is 0.124. The number of aliphatic hydroxyl groups excluding tert-OH is 1. The molecular formula is C26H20N2O8. The van der Waals surface area contributed by atoms with Crippen LogP contribution in [0, 0.1) is 33.8 Å². The maximum Gasteiger partial charge on any atom is 0.415 e. The Hall–Kier alpha value is -4.51. The lowest BCUT2D eigenvalue weighted by Crippen LogP contribution is -2.50. The summed E-state index contributed by atoms with van der Waals surface area (Å²) in [5.41, 5.74) is -0.253. The summed E-state index contributed by atoms with van der Waals surface area (Å²) in [6, 6.07) is 8.79. The fourth-order valence-electron chi connectivity index (χ4n) is 4.57. The van der Waals surface area contributed by atoms with Crippen LogP contribution in [0.25, 0.3) is 0 Å². The van der Waals surface area contributed by atoms with Crippen molar-refractivity contribution in [3.05, 3.63) is 69.8 Å². The molecule has 2 bridgehead atoms. The van der Waals surface area contributed by atoms with Crippen LogP contribution in [0.15, 0.2) is 48.6 Å². The van der Waals surface area contributed by atoms with Crippen molar-refractivity contribution in [3.63, 3.8) is 0 Å². The van der Waals surface area contributed by atoms with Crippen LogP contribution in [0.3, 0.4) is 0 Å². The Morgan fingerprint density at radius 3 is 2.58 bits per heavy atom. The van der Waals surface area contributed by atoms with Crippen molar-refractivity contribution < 1.29 is 33.8 Å². The smallest absolute Gasteiger partial charge is 0.415 e. The number of nitro groups is 1. The number of carbonyl (C=O) groups is 1. The number of para-hydroxylation sites is 1. The molecule has 1 aliphatic carbocycles. The Morgan fingerprint density at radius 1 is 1.17 bits per heavy atom. The van der Waals surface area contributed by atoms with E-state index < -0.39 is 41.5 Å². The van der Waals surface area contributed by atoms with Gasteiger partial charge in [-0.15, -0.1) is 0 Å². The van der Waals surface area contributed by atoms with Gasteiger partial charge in [0.15, 0.2) is 23.2 Å². The number of epoxide rings is 1. The summed E-state index contributed by atoms with van der Waals surface area (Å²) in [5, 5.41) is 22.5. The molecule has 1 amide bonds. The molecule has 2 aromatic rings. The Bertz CT molecular complexity index is 1410. The SMILES string of the molecule is COc1cc(COC(=O)N2c3ccccc3[C@@]34O[C@H]3[C@@H]2C#C/C=C\C#C[C@H]4O)c([N+](=O)[O-])cc1OC. The van der Waals surface area contributed by atoms with Gasteiger partial charge in [-0.3, -0.25) is 15.0 Å². The number of nitro benzene ring substituents is 1. The molecule has 0 radical (unpaired) electrons. The van der Waals surface area contributed by atoms with Gasteiger partial charge in [-0.2, -0.15) is 0 Å². The molecule has 1 fully saturated rings. The van der Waals surface area contributed by atoms with E-state index >= 15 is 0 Å². The second-order valence-electron chi connectivity index (χ2n) is 8.12. The summed E-state index contributed by atoms with van der Waals surface area (Å²) in [7, 11) is 2.77. The number of amides is 1. The summed E-state index contributed by atoms with van der Waals surface area (Å²) in [6.07, 6.45) is 0.473. The third-order valence-electron chi connectivity index (χ3n) is 6.27. The quantitative estimate of drug-likeness (QED) is 0.295. The highest BCUT2D eigenvalue weighted by atomic mass is 16.6. The first-order valence-corrected chi connectivity index (χ1v) is 10.9. The van der Waals surface area contributed by atoms with E-state index in [1.54, 1.807) is 24.3 Å². The van der Waals surface area contributed by atoms with Gasteiger partial charge in [0.2, 0.25) is 0 Å². The molecule has 0 unspecified atom stereocenters. The second kappa shape index (κ2) is 8.93. The van der Waals surface area contributed by atoms with Gasteiger partial charge in [0.25, 0.3) is 5.69 Å². The maximum atomic E-state index is 13.4. The summed E-state index contributed by atoms with van der Waals surface area (Å²) in [6.45, 7) is -0.404. The lowest BCUT2D eigenvalue weighted by Gasteiger charge is -2.35. The number of fused-ring (bicyclic) bond motifs is 1. The number of hydrogen-bond acceptors (Lipinski definition) is 8. The fourth-order valence-corrected chi connectivity index (χ4v) is 4.57. The maximum absolute atomic E-state index is 13.4. The molecule has 2 aromatic carbocycles. The van der Waals surface area contributed by atoms with E-state index in [2.05, 4.69) is 23.7 Å². The van der Waals surface area contributed by atoms with E-state index in [1.165, 1.54) is 43.4 Å². The molecule has 182 valence electrons. The molecule has 0 saturated carbocycles. The first-order valence-electron chi connectivity index (χ1n) is 10.9. The predicted octanol–water partition coefficient (Wildman–Crippen LogP) is 2.67. The highest BCUT2D eigenvalue weighted by molar-refractivity contribution is 5.92. The Kier molecular flexibility index (Phi) is 5.77. The zero-order valence-corrected chi connectivity index (χ0v) is 19.3. The van der Waals surface area contributed by atoms with Crippen LogP contribution in [-0.2, 0) is 21.7 Å². The molecule has 1 saturated heterocycles. The van der Waals surface area contributed by atoms with Crippen molar-refractivity contribution in [2.24, 2.45) is 0 Å². The Morgan fingerprint density at radius 2 is 1.86 bits per heavy atom. The molecule has 3 aliphatic rings. The molecule has 10 nitrogen and oxygen atoms in total. The second-order valence-corrected chi connectivity index (χ2v) is 8.12. The van der Waals surface area contributed by atoms with E-state index in [9.17, 15) is 20.0 Å². The number of hydrogen-bond donors (Lipinski definition) is 1. The molecule has 4 atom stereocenters. The van der Waals surface area contributed by atoms with Crippen molar-refractivity contribution in [2.75, 3.05) is 19.1 Å². The molecular weight excluding hydrogens is 468 g/mol. The van der Waals surface area contributed by atoms with Crippen LogP contribution in [0.5, 0.6) is 11.5 Å². The van der Waals surface area contributed by atoms with Gasteiger partial charge in [0, 0.05) is 5.56 Å². The van der Waals surface area contributed by atoms with E-state index in [-0.39, 0.29) is 22.7 Å². The van der Waals surface area contributed by atoms with Gasteiger partial charge in [0.05, 0.1) is 36.5 Å². The number of nitrogens with zero attached hydrogens (tertiary/aromatic N) is 2. The number of allylic oxidation sites excluding steroid dienone is 2. The number of anilines is 1. The molecule has 1 N–H and O–H groups in total. The summed E-state index contributed by atoms with van der Waals surface area (Å²) in [4.78, 5) is 25.8. The van der Waals surface area contributed by atoms with Crippen molar-refractivity contribution in [2.45, 2.75) is 30.5 Å². The number of ether oxygens (including phenoxy) is 4. The number of rotatable bonds is 5. The highest BCUT2D eigenvalue weighted by Crippen LogP contribution is 2.58. The molecule has 10 heteroatoms. The standard InChI is InChI=1S/C26H20N2O8/c1-33-21-13-16(20(28(31)32)14-22(21)34-2)15-35-25(30)27-18-10-8-7-9-17(18)26-23(29)12-6-4-3-5-11-19(27)24(26)36-26/h3-4,7-10,13-14,19,23-24,29H,15H2,1-2H3/b4-3-/t19-,23+,24-,26-/m0/s1. The van der Waals surface area contributed by atoms with Crippen molar-refractivity contribution in [3.8, 4) is 35.2 Å². The van der Waals surface area contributed by atoms with Crippen LogP contribution < -0.4 is 14.4 Å². The number of aliphatic hydroxyl groups is 1. The third-order valence-corrected chi connectivity index (χ3v) is 6.27. The minimum Gasteiger partial charge on any atom is -0.493 e. The molecule has 0 aromatic heterocycles. The average Bonchev–Trinajstić information content (AvgIpc) is 3.65. The van der Waals surface area contributed by atoms with Crippen LogP contribution in [-0.4, -0.2) is 48.6 Å². The molecule has 36 heavy (non-hydrogen) atoms. The monoisotopic (exact) mass is 488 g/mol. The van der Waals surface area contributed by atoms with E-state index in [0.29, 0.717) is 11.3 Å².